The molecule has 0 aromatic carbocycles. The van der Waals surface area contributed by atoms with E-state index in [2.05, 4.69) is 24.4 Å². The average Bonchev–Trinajstić information content (AvgIpc) is 2.62. The molecule has 0 rings (SSSR count). The Morgan fingerprint density at radius 2 is 1.39 bits per heavy atom. The van der Waals surface area contributed by atoms with Gasteiger partial charge in [-0.25, -0.2) is 0 Å². The van der Waals surface area contributed by atoms with Crippen molar-refractivity contribution in [2.75, 3.05) is 0 Å². The molecule has 0 fully saturated rings. The Balaban J connectivity index is -0.00000338. The van der Waals surface area contributed by atoms with Gasteiger partial charge in [-0.2, -0.15) is 0 Å². The van der Waals surface area contributed by atoms with E-state index in [1.807, 2.05) is 0 Å². The minimum absolute atomic E-state index is 0. The first kappa shape index (κ1) is 29.4. The van der Waals surface area contributed by atoms with Crippen LogP contribution in [0.25, 0.3) is 0 Å². The van der Waals surface area contributed by atoms with Gasteiger partial charge in [0.25, 0.3) is 0 Å². The summed E-state index contributed by atoms with van der Waals surface area (Å²) in [6.45, 7) is 2.22. The Morgan fingerprint density at radius 1 is 0.857 bits per heavy atom. The number of unbranched alkanes of at least 4 members (excludes halogenated alkanes) is 9. The fraction of sp³-hybridized carbons (Fsp3) is 0.762. The number of aliphatic carboxylic acids is 2. The van der Waals surface area contributed by atoms with Crippen LogP contribution in [0, 0.1) is 0 Å². The Hall–Kier alpha value is -0.850. The van der Waals surface area contributed by atoms with Crippen molar-refractivity contribution in [1.82, 2.24) is 5.32 Å². The van der Waals surface area contributed by atoms with Gasteiger partial charge < -0.3 is 25.1 Å². The molecule has 6 nitrogen and oxygen atoms in total. The zero-order valence-electron chi connectivity index (χ0n) is 18.7. The van der Waals surface area contributed by atoms with Crippen LogP contribution in [0.1, 0.15) is 98.2 Å². The second-order valence-corrected chi connectivity index (χ2v) is 6.98. The van der Waals surface area contributed by atoms with Gasteiger partial charge in [0.1, 0.15) is 0 Å². The summed E-state index contributed by atoms with van der Waals surface area (Å²) in [5.74, 6) is -3.20. The summed E-state index contributed by atoms with van der Waals surface area (Å²) in [5, 5.41) is 23.6. The summed E-state index contributed by atoms with van der Waals surface area (Å²) in [4.78, 5) is 33.0. The normalized spacial score (nSPS) is 11.8. The van der Waals surface area contributed by atoms with E-state index in [9.17, 15) is 24.6 Å². The number of hydrogen-bond acceptors (Lipinski definition) is 5. The quantitative estimate of drug-likeness (QED) is 0.181. The molecule has 0 aromatic heterocycles. The third-order valence-corrected chi connectivity index (χ3v) is 4.42. The van der Waals surface area contributed by atoms with Crippen molar-refractivity contribution in [3.63, 3.8) is 0 Å². The minimum Gasteiger partial charge on any atom is -0.550 e. The molecule has 0 aliphatic rings. The van der Waals surface area contributed by atoms with Gasteiger partial charge in [-0.1, -0.05) is 57.6 Å². The molecule has 0 radical (unpaired) electrons. The summed E-state index contributed by atoms with van der Waals surface area (Å²) >= 11 is 0. The molecule has 156 valence electrons. The van der Waals surface area contributed by atoms with E-state index in [0.29, 0.717) is 6.42 Å². The van der Waals surface area contributed by atoms with Gasteiger partial charge in [-0.15, -0.1) is 0 Å². The molecular formula is C21H36NNaO5. The first-order valence-corrected chi connectivity index (χ1v) is 10.3. The zero-order chi connectivity index (χ0) is 20.3. The molecule has 0 spiro atoms. The van der Waals surface area contributed by atoms with Crippen LogP contribution in [-0.4, -0.2) is 23.9 Å². The molecule has 0 aliphatic heterocycles. The van der Waals surface area contributed by atoms with Crippen LogP contribution in [0.5, 0.6) is 0 Å². The smallest absolute Gasteiger partial charge is 0.550 e. The predicted octanol–water partition coefficient (Wildman–Crippen LogP) is -0.875. The molecule has 1 atom stereocenters. The summed E-state index contributed by atoms with van der Waals surface area (Å²) in [5.41, 5.74) is 0. The molecule has 0 heterocycles. The van der Waals surface area contributed by atoms with Crippen molar-refractivity contribution in [3.05, 3.63) is 12.2 Å². The molecule has 0 bridgehead atoms. The number of rotatable bonds is 18. The van der Waals surface area contributed by atoms with Gasteiger partial charge in [0, 0.05) is 12.4 Å². The van der Waals surface area contributed by atoms with E-state index in [0.717, 1.165) is 32.1 Å². The maximum absolute atomic E-state index is 11.7. The Morgan fingerprint density at radius 3 is 1.93 bits per heavy atom. The fourth-order valence-corrected chi connectivity index (χ4v) is 2.78. The number of carboxylic acid groups (broad SMARTS) is 2. The molecule has 0 saturated carbocycles. The van der Waals surface area contributed by atoms with Gasteiger partial charge in [0.2, 0.25) is 5.91 Å². The number of allylic oxidation sites excluding steroid dienone is 2. The van der Waals surface area contributed by atoms with Crippen molar-refractivity contribution >= 4 is 17.8 Å². The van der Waals surface area contributed by atoms with Crippen LogP contribution >= 0.6 is 0 Å². The molecule has 7 heteroatoms. The topological polar surface area (TPSA) is 109 Å². The first-order chi connectivity index (χ1) is 13.0. The molecule has 1 amide bonds. The molecular weight excluding hydrogens is 369 g/mol. The number of carboxylic acids is 2. The number of hydrogen-bond donors (Lipinski definition) is 1. The Bertz CT molecular complexity index is 460. The number of carbonyl (C=O) groups is 3. The summed E-state index contributed by atoms with van der Waals surface area (Å²) in [6, 6.07) is -1.27. The molecule has 0 aromatic rings. The van der Waals surface area contributed by atoms with Crippen molar-refractivity contribution in [1.29, 1.82) is 0 Å². The third-order valence-electron chi connectivity index (χ3n) is 4.42. The van der Waals surface area contributed by atoms with E-state index >= 15 is 0 Å². The Labute approximate surface area is 193 Å². The van der Waals surface area contributed by atoms with Gasteiger partial charge in [0.15, 0.2) is 0 Å². The van der Waals surface area contributed by atoms with Crippen LogP contribution in [-0.2, 0) is 14.4 Å². The van der Waals surface area contributed by atoms with E-state index in [1.165, 1.54) is 32.1 Å². The van der Waals surface area contributed by atoms with Crippen LogP contribution < -0.4 is 45.1 Å². The third kappa shape index (κ3) is 19.9. The molecule has 28 heavy (non-hydrogen) atoms. The molecule has 0 saturated heterocycles. The van der Waals surface area contributed by atoms with Gasteiger partial charge >= 0.3 is 31.0 Å². The van der Waals surface area contributed by atoms with E-state index in [1.54, 1.807) is 0 Å². The van der Waals surface area contributed by atoms with Gasteiger partial charge in [-0.05, 0) is 44.9 Å². The van der Waals surface area contributed by atoms with Crippen molar-refractivity contribution < 1.29 is 55.6 Å². The standard InChI is InChI=1S/C21H37NO5.Na/c1-2-3-4-5-6-7-8-9-10-11-12-13-14-15-19(23)22-18(21(26)27)16-17-20(24)25;/h7-8,18H,2-6,9-17H2,1H3,(H,22,23)(H,24,25)(H,26,27);/q;+1/p-1/b8-7-;/t18-;/m0./s1. The predicted molar refractivity (Wildman–Crippen MR) is 103 cm³/mol. The number of amides is 1. The minimum atomic E-state index is -1.47. The fourth-order valence-electron chi connectivity index (χ4n) is 2.78. The van der Waals surface area contributed by atoms with Crippen molar-refractivity contribution in [3.8, 4) is 0 Å². The SMILES string of the molecule is CCCCCC/C=C\CCCCCCCC(=O)N[C@@H](CCC(=O)[O-])C(=O)[O-].[H+].[Na+]. The van der Waals surface area contributed by atoms with Crippen LogP contribution in [0.15, 0.2) is 12.2 Å². The van der Waals surface area contributed by atoms with Gasteiger partial charge in [-0.3, -0.25) is 4.79 Å². The largest absolute Gasteiger partial charge is 1.00 e. The first-order valence-electron chi connectivity index (χ1n) is 10.3. The average molecular weight is 406 g/mol. The van der Waals surface area contributed by atoms with Crippen molar-refractivity contribution in [2.45, 2.75) is 103 Å². The maximum atomic E-state index is 11.7. The second kappa shape index (κ2) is 20.9. The summed E-state index contributed by atoms with van der Waals surface area (Å²) in [6.07, 6.45) is 16.5. The Kier molecular flexibility index (Phi) is 21.9. The monoisotopic (exact) mass is 405 g/mol. The van der Waals surface area contributed by atoms with E-state index in [4.69, 9.17) is 0 Å². The number of carbonyl (C=O) groups excluding carboxylic acids is 3. The van der Waals surface area contributed by atoms with E-state index < -0.39 is 24.4 Å². The van der Waals surface area contributed by atoms with Gasteiger partial charge in [0.05, 0.1) is 12.0 Å². The molecule has 0 aliphatic carbocycles. The van der Waals surface area contributed by atoms with E-state index in [-0.39, 0.29) is 49.7 Å². The number of nitrogens with one attached hydrogen (secondary N) is 1. The van der Waals surface area contributed by atoms with Crippen LogP contribution in [0.4, 0.5) is 0 Å². The summed E-state index contributed by atoms with van der Waals surface area (Å²) < 4.78 is 0. The van der Waals surface area contributed by atoms with Crippen LogP contribution in [0.3, 0.4) is 0 Å². The zero-order valence-corrected chi connectivity index (χ0v) is 19.7. The van der Waals surface area contributed by atoms with Crippen LogP contribution in [0.2, 0.25) is 0 Å². The molecule has 0 unspecified atom stereocenters. The van der Waals surface area contributed by atoms with Crippen molar-refractivity contribution in [2.24, 2.45) is 0 Å². The second-order valence-electron chi connectivity index (χ2n) is 6.98. The molecule has 1 N–H and O–H groups in total. The maximum Gasteiger partial charge on any atom is 1.00 e. The summed E-state index contributed by atoms with van der Waals surface area (Å²) in [7, 11) is 0.